The van der Waals surface area contributed by atoms with Crippen LogP contribution in [0.5, 0.6) is 0 Å². The third-order valence-electron chi connectivity index (χ3n) is 7.39. The molecule has 2 N–H and O–H groups in total. The van der Waals surface area contributed by atoms with E-state index < -0.39 is 0 Å². The fraction of sp³-hybridized carbons (Fsp3) is 0.281. The number of nitrogens with zero attached hydrogens (tertiary/aromatic N) is 4. The van der Waals surface area contributed by atoms with Crippen LogP contribution in [0.3, 0.4) is 0 Å². The standard InChI is InChI=1S/C32H34N6O2S.2ClH/c39-31(28-12-17-38-29(28)23-41-32(38)26-10-5-13-34-22-26)35-27-11-4-9-25(21-27)30(24-7-2-1-3-8-24)36-40-20-6-16-37-18-14-33-15-19-37;;/h1-5,7-13,17,21-22,32-33H,6,14-16,18-20,23H2,(H,35,39);2*1H/b36-30+;;. The minimum absolute atomic E-state index is 0. The van der Waals surface area contributed by atoms with Crippen LogP contribution in [0.25, 0.3) is 0 Å². The van der Waals surface area contributed by atoms with E-state index in [-0.39, 0.29) is 36.1 Å². The second-order valence-electron chi connectivity index (χ2n) is 10.2. The third kappa shape index (κ3) is 7.99. The number of oxime groups is 1. The summed E-state index contributed by atoms with van der Waals surface area (Å²) in [4.78, 5) is 25.9. The van der Waals surface area contributed by atoms with E-state index in [2.05, 4.69) is 36.3 Å². The molecule has 0 spiro atoms. The molecule has 1 atom stereocenters. The molecule has 2 aromatic heterocycles. The molecule has 1 amide bonds. The fourth-order valence-electron chi connectivity index (χ4n) is 5.28. The molecule has 0 saturated carbocycles. The number of benzene rings is 2. The van der Waals surface area contributed by atoms with Crippen molar-refractivity contribution in [3.63, 3.8) is 0 Å². The maximum absolute atomic E-state index is 13.4. The number of nitrogens with one attached hydrogen (secondary N) is 2. The van der Waals surface area contributed by atoms with Gasteiger partial charge in [0, 0.05) is 85.1 Å². The van der Waals surface area contributed by atoms with E-state index in [1.54, 1.807) is 18.0 Å². The molecule has 8 nitrogen and oxygen atoms in total. The minimum Gasteiger partial charge on any atom is -0.395 e. The summed E-state index contributed by atoms with van der Waals surface area (Å²) in [5, 5.41) is 11.2. The van der Waals surface area contributed by atoms with E-state index in [4.69, 9.17) is 4.84 Å². The Hall–Kier alpha value is -3.34. The van der Waals surface area contributed by atoms with Crippen LogP contribution in [0, 0.1) is 0 Å². The molecule has 6 rings (SSSR count). The average Bonchev–Trinajstić information content (AvgIpc) is 3.63. The lowest BCUT2D eigenvalue weighted by atomic mass is 10.0. The molecule has 1 saturated heterocycles. The Morgan fingerprint density at radius 1 is 1.02 bits per heavy atom. The highest BCUT2D eigenvalue weighted by Crippen LogP contribution is 2.42. The molecule has 1 fully saturated rings. The summed E-state index contributed by atoms with van der Waals surface area (Å²) in [5.41, 5.74) is 6.14. The van der Waals surface area contributed by atoms with Crippen molar-refractivity contribution < 1.29 is 9.63 Å². The highest BCUT2D eigenvalue weighted by atomic mass is 35.5. The van der Waals surface area contributed by atoms with E-state index in [9.17, 15) is 4.79 Å². The average molecular weight is 640 g/mol. The Kier molecular flexibility index (Phi) is 12.1. The van der Waals surface area contributed by atoms with Crippen LogP contribution in [-0.4, -0.2) is 65.4 Å². The number of hydrogen-bond acceptors (Lipinski definition) is 7. The van der Waals surface area contributed by atoms with Crippen molar-refractivity contribution in [2.45, 2.75) is 17.5 Å². The Bertz CT molecular complexity index is 1500. The van der Waals surface area contributed by atoms with Crippen LogP contribution in [0.2, 0.25) is 0 Å². The minimum atomic E-state index is -0.120. The number of piperazine rings is 1. The second-order valence-corrected chi connectivity index (χ2v) is 11.2. The fourth-order valence-corrected chi connectivity index (χ4v) is 6.59. The van der Waals surface area contributed by atoms with Gasteiger partial charge in [0.15, 0.2) is 0 Å². The van der Waals surface area contributed by atoms with Crippen LogP contribution in [0.1, 0.15) is 44.5 Å². The zero-order valence-electron chi connectivity index (χ0n) is 23.7. The first-order valence-electron chi connectivity index (χ1n) is 14.1. The maximum atomic E-state index is 13.4. The van der Waals surface area contributed by atoms with E-state index in [0.29, 0.717) is 17.9 Å². The third-order valence-corrected chi connectivity index (χ3v) is 8.64. The van der Waals surface area contributed by atoms with Crippen molar-refractivity contribution in [2.24, 2.45) is 5.16 Å². The highest BCUT2D eigenvalue weighted by Gasteiger charge is 2.28. The van der Waals surface area contributed by atoms with Gasteiger partial charge in [0.1, 0.15) is 17.7 Å². The normalized spacial score (nSPS) is 16.5. The van der Waals surface area contributed by atoms with E-state index >= 15 is 0 Å². The smallest absolute Gasteiger partial charge is 0.257 e. The van der Waals surface area contributed by atoms with Gasteiger partial charge in [-0.05, 0) is 30.7 Å². The van der Waals surface area contributed by atoms with Crippen molar-refractivity contribution in [2.75, 3.05) is 44.6 Å². The summed E-state index contributed by atoms with van der Waals surface area (Å²) in [7, 11) is 0. The molecule has 1 unspecified atom stereocenters. The highest BCUT2D eigenvalue weighted by molar-refractivity contribution is 7.99. The molecule has 0 bridgehead atoms. The van der Waals surface area contributed by atoms with Gasteiger partial charge < -0.3 is 24.9 Å². The number of rotatable bonds is 10. The van der Waals surface area contributed by atoms with Gasteiger partial charge in [-0.15, -0.1) is 36.6 Å². The lowest BCUT2D eigenvalue weighted by molar-refractivity contribution is 0.102. The van der Waals surface area contributed by atoms with Gasteiger partial charge in [0.25, 0.3) is 5.91 Å². The lowest BCUT2D eigenvalue weighted by Crippen LogP contribution is -2.43. The number of carbonyl (C=O) groups is 1. The number of hydrogen-bond donors (Lipinski definition) is 2. The van der Waals surface area contributed by atoms with Crippen molar-refractivity contribution in [1.29, 1.82) is 0 Å². The van der Waals surface area contributed by atoms with Gasteiger partial charge in [0.2, 0.25) is 0 Å². The van der Waals surface area contributed by atoms with Crippen molar-refractivity contribution in [3.05, 3.63) is 119 Å². The van der Waals surface area contributed by atoms with E-state index in [1.165, 1.54) is 0 Å². The maximum Gasteiger partial charge on any atom is 0.257 e. The molecule has 11 heteroatoms. The number of carbonyl (C=O) groups excluding carboxylic acids is 1. The number of anilines is 1. The molecular formula is C32H36Cl2N6O2S. The predicted molar refractivity (Wildman–Crippen MR) is 179 cm³/mol. The van der Waals surface area contributed by atoms with Gasteiger partial charge >= 0.3 is 0 Å². The summed E-state index contributed by atoms with van der Waals surface area (Å²) >= 11 is 1.80. The zero-order valence-corrected chi connectivity index (χ0v) is 26.2. The van der Waals surface area contributed by atoms with Crippen molar-refractivity contribution in [1.82, 2.24) is 19.8 Å². The predicted octanol–water partition coefficient (Wildman–Crippen LogP) is 5.84. The van der Waals surface area contributed by atoms with Gasteiger partial charge in [-0.1, -0.05) is 53.7 Å². The van der Waals surface area contributed by atoms with Gasteiger partial charge in [-0.3, -0.25) is 9.78 Å². The Morgan fingerprint density at radius 2 is 1.84 bits per heavy atom. The molecule has 4 heterocycles. The molecular weight excluding hydrogens is 603 g/mol. The molecule has 2 aromatic carbocycles. The Morgan fingerprint density at radius 3 is 2.63 bits per heavy atom. The van der Waals surface area contributed by atoms with E-state index in [0.717, 1.165) is 73.0 Å². The molecule has 2 aliphatic heterocycles. The first-order valence-corrected chi connectivity index (χ1v) is 15.1. The number of thioether (sulfide) groups is 1. The summed E-state index contributed by atoms with van der Waals surface area (Å²) in [6, 6.07) is 23.7. The lowest BCUT2D eigenvalue weighted by Gasteiger charge is -2.26. The Balaban J connectivity index is 0.00000212. The van der Waals surface area contributed by atoms with Gasteiger partial charge in [-0.2, -0.15) is 0 Å². The summed E-state index contributed by atoms with van der Waals surface area (Å²) in [5.74, 6) is 0.650. The van der Waals surface area contributed by atoms with Crippen molar-refractivity contribution in [3.8, 4) is 0 Å². The zero-order chi connectivity index (χ0) is 27.9. The van der Waals surface area contributed by atoms with Crippen molar-refractivity contribution >= 4 is 53.9 Å². The summed E-state index contributed by atoms with van der Waals surface area (Å²) in [6.07, 6.45) is 6.59. The number of halogens is 2. The number of aromatic nitrogens is 2. The topological polar surface area (TPSA) is 83.8 Å². The molecule has 2 aliphatic rings. The summed E-state index contributed by atoms with van der Waals surface area (Å²) < 4.78 is 2.17. The molecule has 4 aromatic rings. The Labute approximate surface area is 269 Å². The first-order chi connectivity index (χ1) is 20.3. The van der Waals surface area contributed by atoms with Gasteiger partial charge in [0.05, 0.1) is 5.56 Å². The summed E-state index contributed by atoms with van der Waals surface area (Å²) in [6.45, 7) is 5.80. The molecule has 43 heavy (non-hydrogen) atoms. The quantitative estimate of drug-likeness (QED) is 0.129. The number of fused-ring (bicyclic) bond motifs is 1. The molecule has 0 radical (unpaired) electrons. The molecule has 0 aliphatic carbocycles. The molecule has 226 valence electrons. The largest absolute Gasteiger partial charge is 0.395 e. The van der Waals surface area contributed by atoms with Crippen LogP contribution in [-0.2, 0) is 10.6 Å². The number of pyridine rings is 1. The SMILES string of the molecule is Cl.Cl.O=C(Nc1cccc(/C(=N/OCCCN2CCNCC2)c2ccccc2)c1)c1ccn2c1CSC2c1cccnc1. The second kappa shape index (κ2) is 15.9. The van der Waals surface area contributed by atoms with Crippen LogP contribution >= 0.6 is 36.6 Å². The first kappa shape index (κ1) is 32.6. The van der Waals surface area contributed by atoms with Crippen LogP contribution in [0.4, 0.5) is 5.69 Å². The number of amides is 1. The van der Waals surface area contributed by atoms with Gasteiger partial charge in [-0.25, -0.2) is 0 Å². The van der Waals surface area contributed by atoms with Crippen LogP contribution < -0.4 is 10.6 Å². The van der Waals surface area contributed by atoms with E-state index in [1.807, 2.05) is 79.1 Å². The van der Waals surface area contributed by atoms with Crippen LogP contribution in [0.15, 0.2) is 96.5 Å². The monoisotopic (exact) mass is 638 g/mol.